The molecule has 7 aromatic rings. The molecule has 0 aliphatic carbocycles. The van der Waals surface area contributed by atoms with Crippen molar-refractivity contribution in [1.82, 2.24) is 30.8 Å². The monoisotopic (exact) mass is 837 g/mol. The second-order valence-electron chi connectivity index (χ2n) is 17.5. The number of carbonyl (C=O) groups excluding carboxylic acids is 3. The molecule has 63 heavy (non-hydrogen) atoms. The van der Waals surface area contributed by atoms with Crippen molar-refractivity contribution in [3.63, 3.8) is 0 Å². The van der Waals surface area contributed by atoms with E-state index < -0.39 is 28.8 Å². The number of hydrogen-bond donors (Lipinski definition) is 2. The summed E-state index contributed by atoms with van der Waals surface area (Å²) in [5, 5.41) is 19.5. The lowest BCUT2D eigenvalue weighted by Crippen LogP contribution is -2.55. The fraction of sp³-hybridized carbons (Fsp3) is 0.231. The van der Waals surface area contributed by atoms with Crippen LogP contribution < -0.4 is 15.5 Å². The number of benzene rings is 6. The van der Waals surface area contributed by atoms with Gasteiger partial charge in [-0.25, -0.2) is 9.48 Å². The van der Waals surface area contributed by atoms with Crippen molar-refractivity contribution in [3.05, 3.63) is 192 Å². The van der Waals surface area contributed by atoms with Crippen molar-refractivity contribution < 1.29 is 19.1 Å². The minimum absolute atomic E-state index is 0.0429. The zero-order valence-corrected chi connectivity index (χ0v) is 36.2. The van der Waals surface area contributed by atoms with E-state index in [0.29, 0.717) is 18.8 Å². The van der Waals surface area contributed by atoms with Gasteiger partial charge in [0.25, 0.3) is 0 Å². The summed E-state index contributed by atoms with van der Waals surface area (Å²) in [6, 6.07) is 54.2. The second-order valence-corrected chi connectivity index (χ2v) is 17.5. The summed E-state index contributed by atoms with van der Waals surface area (Å²) in [5.74, 6) is 0.0372. The number of amides is 3. The molecule has 2 heterocycles. The molecule has 8 rings (SSSR count). The Balaban J connectivity index is 1.08. The molecule has 6 aromatic carbocycles. The average Bonchev–Trinajstić information content (AvgIpc) is 3.76. The maximum absolute atomic E-state index is 14.2. The number of carbonyl (C=O) groups is 3. The van der Waals surface area contributed by atoms with Crippen LogP contribution in [0.2, 0.25) is 0 Å². The number of fused-ring (bicyclic) bond motifs is 1. The quantitative estimate of drug-likeness (QED) is 0.117. The van der Waals surface area contributed by atoms with Crippen LogP contribution in [-0.2, 0) is 32.8 Å². The fourth-order valence-electron chi connectivity index (χ4n) is 8.50. The van der Waals surface area contributed by atoms with Crippen molar-refractivity contribution in [1.29, 1.82) is 0 Å². The second kappa shape index (κ2) is 17.5. The number of alkyl carbamates (subject to hydrolysis) is 1. The lowest BCUT2D eigenvalue weighted by atomic mass is 9.77. The summed E-state index contributed by atoms with van der Waals surface area (Å²) < 4.78 is 7.34. The smallest absolute Gasteiger partial charge is 0.408 e. The van der Waals surface area contributed by atoms with E-state index in [-0.39, 0.29) is 18.2 Å². The number of hydrogen-bond acceptors (Lipinski definition) is 7. The maximum atomic E-state index is 14.2. The van der Waals surface area contributed by atoms with Gasteiger partial charge in [-0.05, 0) is 90.1 Å². The first-order valence-corrected chi connectivity index (χ1v) is 21.2. The summed E-state index contributed by atoms with van der Waals surface area (Å²) in [6.07, 6.45) is -0.300. The zero-order chi connectivity index (χ0) is 44.2. The minimum atomic E-state index is -0.915. The minimum Gasteiger partial charge on any atom is -0.444 e. The molecule has 0 fully saturated rings. The summed E-state index contributed by atoms with van der Waals surface area (Å²) in [7, 11) is 0. The molecular weight excluding hydrogens is 787 g/mol. The van der Waals surface area contributed by atoms with Gasteiger partial charge in [-0.1, -0.05) is 158 Å². The molecule has 0 spiro atoms. The highest BCUT2D eigenvalue weighted by atomic mass is 16.6. The highest BCUT2D eigenvalue weighted by Gasteiger charge is 2.42. The fourth-order valence-corrected chi connectivity index (χ4v) is 8.50. The number of tetrazole rings is 1. The lowest BCUT2D eigenvalue weighted by molar-refractivity contribution is -0.128. The molecule has 1 aromatic heterocycles. The maximum Gasteiger partial charge on any atom is 0.408 e. The standard InChI is InChI=1S/C52H51N7O4/c1-50(2,3)63-49(62)54-51(4,5)34-46(60)53-44-33-38-19-15-18-28-45(38)58(48(44)61)35-36-29-31-37(32-30-36)42-26-16-17-27-43(42)47-55-56-57-59(47)52(39-20-9-6-10-21-39,40-22-11-7-12-23-40)41-24-13-8-14-25-41/h6-32,44H,33-35H2,1-5H3,(H,53,60)(H,54,62). The summed E-state index contributed by atoms with van der Waals surface area (Å²) in [4.78, 5) is 41.8. The molecule has 1 atom stereocenters. The van der Waals surface area contributed by atoms with E-state index in [9.17, 15) is 14.4 Å². The van der Waals surface area contributed by atoms with Crippen LogP contribution in [-0.4, -0.2) is 55.3 Å². The van der Waals surface area contributed by atoms with Crippen LogP contribution in [0.3, 0.4) is 0 Å². The predicted octanol–water partition coefficient (Wildman–Crippen LogP) is 9.11. The molecular formula is C52H51N7O4. The van der Waals surface area contributed by atoms with E-state index in [1.54, 1.807) is 39.5 Å². The highest BCUT2D eigenvalue weighted by Crippen LogP contribution is 2.43. The Morgan fingerprint density at radius 1 is 0.683 bits per heavy atom. The average molecular weight is 838 g/mol. The zero-order valence-electron chi connectivity index (χ0n) is 36.2. The van der Waals surface area contributed by atoms with E-state index in [2.05, 4.69) is 70.4 Å². The van der Waals surface area contributed by atoms with Gasteiger partial charge in [0.15, 0.2) is 5.82 Å². The topological polar surface area (TPSA) is 131 Å². The van der Waals surface area contributed by atoms with Crippen molar-refractivity contribution in [3.8, 4) is 22.5 Å². The number of nitrogens with one attached hydrogen (secondary N) is 2. The van der Waals surface area contributed by atoms with Crippen LogP contribution in [0.25, 0.3) is 22.5 Å². The van der Waals surface area contributed by atoms with E-state index in [4.69, 9.17) is 15.0 Å². The summed E-state index contributed by atoms with van der Waals surface area (Å²) >= 11 is 0. The van der Waals surface area contributed by atoms with Crippen molar-refractivity contribution in [2.75, 3.05) is 4.90 Å². The van der Waals surface area contributed by atoms with Crippen LogP contribution in [0.5, 0.6) is 0 Å². The van der Waals surface area contributed by atoms with Crippen LogP contribution in [0.1, 0.15) is 68.9 Å². The van der Waals surface area contributed by atoms with Gasteiger partial charge in [-0.3, -0.25) is 9.59 Å². The third-order valence-electron chi connectivity index (χ3n) is 11.2. The number of nitrogens with zero attached hydrogens (tertiary/aromatic N) is 5. The first-order chi connectivity index (χ1) is 30.3. The van der Waals surface area contributed by atoms with Crippen LogP contribution in [0.15, 0.2) is 164 Å². The normalized spacial score (nSPS) is 14.1. The lowest BCUT2D eigenvalue weighted by Gasteiger charge is -2.36. The molecule has 2 N–H and O–H groups in total. The number of ether oxygens (including phenoxy) is 1. The van der Waals surface area contributed by atoms with Gasteiger partial charge in [0, 0.05) is 29.6 Å². The van der Waals surface area contributed by atoms with Crippen LogP contribution in [0.4, 0.5) is 10.5 Å². The van der Waals surface area contributed by atoms with E-state index in [0.717, 1.165) is 50.2 Å². The molecule has 3 amide bonds. The number of rotatable bonds is 12. The number of anilines is 1. The first kappa shape index (κ1) is 42.3. The van der Waals surface area contributed by atoms with Crippen LogP contribution in [0, 0.1) is 0 Å². The largest absolute Gasteiger partial charge is 0.444 e. The van der Waals surface area contributed by atoms with Gasteiger partial charge in [0.05, 0.1) is 6.54 Å². The van der Waals surface area contributed by atoms with Gasteiger partial charge < -0.3 is 20.3 Å². The highest BCUT2D eigenvalue weighted by molar-refractivity contribution is 6.02. The molecule has 11 nitrogen and oxygen atoms in total. The van der Waals surface area contributed by atoms with Gasteiger partial charge >= 0.3 is 6.09 Å². The Morgan fingerprint density at radius 3 is 1.81 bits per heavy atom. The van der Waals surface area contributed by atoms with Gasteiger partial charge in [0.2, 0.25) is 11.8 Å². The Morgan fingerprint density at radius 2 is 1.22 bits per heavy atom. The molecule has 318 valence electrons. The molecule has 11 heteroatoms. The number of para-hydroxylation sites is 1. The molecule has 0 saturated heterocycles. The third kappa shape index (κ3) is 8.99. The Labute approximate surface area is 368 Å². The molecule has 1 unspecified atom stereocenters. The Hall–Kier alpha value is -7.40. The molecule has 0 radical (unpaired) electrons. The summed E-state index contributed by atoms with van der Waals surface area (Å²) in [5.41, 5.74) is 5.92. The van der Waals surface area contributed by atoms with Crippen molar-refractivity contribution >= 4 is 23.6 Å². The first-order valence-electron chi connectivity index (χ1n) is 21.2. The van der Waals surface area contributed by atoms with Crippen LogP contribution >= 0.6 is 0 Å². The van der Waals surface area contributed by atoms with E-state index in [1.165, 1.54) is 0 Å². The molecule has 1 aliphatic heterocycles. The Kier molecular flexibility index (Phi) is 11.8. The van der Waals surface area contributed by atoms with Gasteiger partial charge in [-0.15, -0.1) is 5.10 Å². The molecule has 1 aliphatic rings. The third-order valence-corrected chi connectivity index (χ3v) is 11.2. The predicted molar refractivity (Wildman–Crippen MR) is 245 cm³/mol. The van der Waals surface area contributed by atoms with Crippen molar-refractivity contribution in [2.45, 2.75) is 76.7 Å². The Bertz CT molecular complexity index is 2610. The SMILES string of the molecule is CC(C)(CC(=O)NC1Cc2ccccc2N(Cc2ccc(-c3ccccc3-c3nnnn3C(c3ccccc3)(c3ccccc3)c3ccccc3)cc2)C1=O)NC(=O)OC(C)(C)C. The van der Waals surface area contributed by atoms with E-state index in [1.807, 2.05) is 114 Å². The number of aromatic nitrogens is 4. The molecule has 0 bridgehead atoms. The van der Waals surface area contributed by atoms with Gasteiger partial charge in [-0.2, -0.15) is 0 Å². The molecule has 0 saturated carbocycles. The summed E-state index contributed by atoms with van der Waals surface area (Å²) in [6.45, 7) is 9.13. The van der Waals surface area contributed by atoms with Gasteiger partial charge in [0.1, 0.15) is 17.2 Å². The van der Waals surface area contributed by atoms with E-state index >= 15 is 0 Å². The van der Waals surface area contributed by atoms with Crippen molar-refractivity contribution in [2.24, 2.45) is 0 Å².